The van der Waals surface area contributed by atoms with Crippen LogP contribution in [0.1, 0.15) is 19.4 Å². The van der Waals surface area contributed by atoms with Gasteiger partial charge in [-0.25, -0.2) is 4.99 Å². The summed E-state index contributed by atoms with van der Waals surface area (Å²) in [7, 11) is 0. The number of amidine groups is 1. The van der Waals surface area contributed by atoms with Gasteiger partial charge < -0.3 is 5.73 Å². The molecule has 0 atom stereocenters. The number of allylic oxidation sites excluding steroid dienone is 1. The second-order valence-corrected chi connectivity index (χ2v) is 6.31. The lowest BCUT2D eigenvalue weighted by molar-refractivity contribution is -0.122. The summed E-state index contributed by atoms with van der Waals surface area (Å²) in [5.41, 5.74) is 9.13. The van der Waals surface area contributed by atoms with Crippen LogP contribution >= 0.6 is 11.8 Å². The molecule has 5 nitrogen and oxygen atoms in total. The van der Waals surface area contributed by atoms with Gasteiger partial charge in [-0.2, -0.15) is 0 Å². The summed E-state index contributed by atoms with van der Waals surface area (Å²) in [6.45, 7) is 4.45. The zero-order valence-corrected chi connectivity index (χ0v) is 14.4. The van der Waals surface area contributed by atoms with Crippen LogP contribution in [0.25, 0.3) is 5.57 Å². The predicted octanol–water partition coefficient (Wildman–Crippen LogP) is 3.68. The Balaban J connectivity index is 2.01. The van der Waals surface area contributed by atoms with Gasteiger partial charge in [-0.15, -0.1) is 0 Å². The molecule has 1 aromatic carbocycles. The van der Waals surface area contributed by atoms with Crippen molar-refractivity contribution in [2.45, 2.75) is 13.8 Å². The first kappa shape index (κ1) is 16.3. The van der Waals surface area contributed by atoms with Crippen molar-refractivity contribution in [2.24, 2.45) is 4.99 Å². The number of carbonyl (C=O) groups excluding carboxylic acids is 1. The van der Waals surface area contributed by atoms with E-state index in [0.717, 1.165) is 16.8 Å². The maximum Gasteiger partial charge on any atom is 0.267 e. The SMILES string of the molecule is CCN1C(=O)/C(=C(\C)c2cccc(N)c2)SC1=Nc1cccnc1. The van der Waals surface area contributed by atoms with Crippen molar-refractivity contribution in [1.82, 2.24) is 9.88 Å². The Morgan fingerprint density at radius 3 is 2.83 bits per heavy atom. The second kappa shape index (κ2) is 6.88. The minimum atomic E-state index is -0.0231. The van der Waals surface area contributed by atoms with E-state index in [9.17, 15) is 4.79 Å². The number of anilines is 1. The smallest absolute Gasteiger partial charge is 0.267 e. The Morgan fingerprint density at radius 1 is 1.33 bits per heavy atom. The van der Waals surface area contributed by atoms with E-state index in [0.29, 0.717) is 22.3 Å². The van der Waals surface area contributed by atoms with Crippen LogP contribution in [0, 0.1) is 0 Å². The van der Waals surface area contributed by atoms with E-state index < -0.39 is 0 Å². The van der Waals surface area contributed by atoms with Gasteiger partial charge in [-0.1, -0.05) is 12.1 Å². The number of aromatic nitrogens is 1. The van der Waals surface area contributed by atoms with Crippen molar-refractivity contribution in [3.63, 3.8) is 0 Å². The van der Waals surface area contributed by atoms with Crippen LogP contribution in [0.4, 0.5) is 11.4 Å². The van der Waals surface area contributed by atoms with Crippen molar-refractivity contribution in [3.8, 4) is 0 Å². The lowest BCUT2D eigenvalue weighted by Crippen LogP contribution is -2.28. The minimum absolute atomic E-state index is 0.0231. The van der Waals surface area contributed by atoms with Crippen molar-refractivity contribution in [2.75, 3.05) is 12.3 Å². The predicted molar refractivity (Wildman–Crippen MR) is 99.8 cm³/mol. The Labute approximate surface area is 145 Å². The molecule has 1 aromatic heterocycles. The molecule has 6 heteroatoms. The maximum atomic E-state index is 12.8. The Kier molecular flexibility index (Phi) is 4.66. The summed E-state index contributed by atoms with van der Waals surface area (Å²) in [5, 5.41) is 0.675. The molecule has 2 N–H and O–H groups in total. The fraction of sp³-hybridized carbons (Fsp3) is 0.167. The number of likely N-dealkylation sites (N-methyl/N-ethyl adjacent to an activating group) is 1. The van der Waals surface area contributed by atoms with Gasteiger partial charge in [-0.05, 0) is 61.0 Å². The number of aliphatic imine (C=N–C) groups is 1. The number of benzene rings is 1. The summed E-state index contributed by atoms with van der Waals surface area (Å²) >= 11 is 1.39. The zero-order valence-electron chi connectivity index (χ0n) is 13.6. The van der Waals surface area contributed by atoms with Crippen LogP contribution in [-0.2, 0) is 4.79 Å². The van der Waals surface area contributed by atoms with Gasteiger partial charge in [0.05, 0.1) is 16.8 Å². The highest BCUT2D eigenvalue weighted by Crippen LogP contribution is 2.37. The first-order valence-corrected chi connectivity index (χ1v) is 8.47. The number of amides is 1. The van der Waals surface area contributed by atoms with E-state index in [4.69, 9.17) is 5.73 Å². The fourth-order valence-electron chi connectivity index (χ4n) is 2.43. The molecule has 1 aliphatic rings. The first-order chi connectivity index (χ1) is 11.6. The summed E-state index contributed by atoms with van der Waals surface area (Å²) in [6, 6.07) is 11.2. The van der Waals surface area contributed by atoms with Crippen LogP contribution in [0.5, 0.6) is 0 Å². The van der Waals surface area contributed by atoms with E-state index in [1.165, 1.54) is 11.8 Å². The van der Waals surface area contributed by atoms with Crippen LogP contribution in [0.2, 0.25) is 0 Å². The fourth-order valence-corrected chi connectivity index (χ4v) is 3.56. The molecule has 3 rings (SSSR count). The minimum Gasteiger partial charge on any atom is -0.399 e. The molecule has 1 fully saturated rings. The van der Waals surface area contributed by atoms with Crippen molar-refractivity contribution in [3.05, 3.63) is 59.3 Å². The average Bonchev–Trinajstić information content (AvgIpc) is 2.90. The van der Waals surface area contributed by atoms with Crippen LogP contribution in [0.15, 0.2) is 58.7 Å². The number of pyridine rings is 1. The monoisotopic (exact) mass is 338 g/mol. The normalized spacial score (nSPS) is 18.3. The first-order valence-electron chi connectivity index (χ1n) is 7.65. The molecule has 0 aliphatic carbocycles. The van der Waals surface area contributed by atoms with Crippen LogP contribution < -0.4 is 5.73 Å². The largest absolute Gasteiger partial charge is 0.399 e. The molecule has 24 heavy (non-hydrogen) atoms. The molecule has 2 aromatic rings. The summed E-state index contributed by atoms with van der Waals surface area (Å²) < 4.78 is 0. The molecule has 122 valence electrons. The molecule has 0 saturated carbocycles. The number of carbonyl (C=O) groups is 1. The lowest BCUT2D eigenvalue weighted by Gasteiger charge is -2.12. The van der Waals surface area contributed by atoms with E-state index >= 15 is 0 Å². The van der Waals surface area contributed by atoms with Crippen LogP contribution in [-0.4, -0.2) is 27.5 Å². The molecular weight excluding hydrogens is 320 g/mol. The van der Waals surface area contributed by atoms with Gasteiger partial charge in [0.2, 0.25) is 0 Å². The molecule has 1 amide bonds. The maximum absolute atomic E-state index is 12.8. The Morgan fingerprint density at radius 2 is 2.17 bits per heavy atom. The van der Waals surface area contributed by atoms with Gasteiger partial charge in [-0.3, -0.25) is 14.7 Å². The van der Waals surface area contributed by atoms with Gasteiger partial charge in [0.15, 0.2) is 5.17 Å². The summed E-state index contributed by atoms with van der Waals surface area (Å²) in [5.74, 6) is -0.0231. The van der Waals surface area contributed by atoms with E-state index in [1.54, 1.807) is 17.3 Å². The third-order valence-corrected chi connectivity index (χ3v) is 4.89. The third-order valence-electron chi connectivity index (χ3n) is 3.71. The van der Waals surface area contributed by atoms with E-state index in [2.05, 4.69) is 9.98 Å². The van der Waals surface area contributed by atoms with Gasteiger partial charge in [0, 0.05) is 18.4 Å². The van der Waals surface area contributed by atoms with Crippen molar-refractivity contribution >= 4 is 39.8 Å². The Hall–Kier alpha value is -2.60. The summed E-state index contributed by atoms with van der Waals surface area (Å²) in [4.78, 5) is 23.8. The van der Waals surface area contributed by atoms with Gasteiger partial charge >= 0.3 is 0 Å². The molecule has 1 aliphatic heterocycles. The molecule has 0 radical (unpaired) electrons. The summed E-state index contributed by atoms with van der Waals surface area (Å²) in [6.07, 6.45) is 3.38. The quantitative estimate of drug-likeness (QED) is 0.684. The number of thioether (sulfide) groups is 1. The van der Waals surface area contributed by atoms with E-state index in [-0.39, 0.29) is 5.91 Å². The standard InChI is InChI=1S/C18H18N4OS/c1-3-22-17(23)16(12(2)13-6-4-7-14(19)10-13)24-18(22)21-15-8-5-9-20-11-15/h4-11H,3,19H2,1-2H3/b16-12-,21-18?. The molecule has 2 heterocycles. The number of hydrogen-bond acceptors (Lipinski definition) is 5. The molecule has 0 spiro atoms. The number of rotatable bonds is 3. The third kappa shape index (κ3) is 3.19. The molecular formula is C18H18N4OS. The lowest BCUT2D eigenvalue weighted by atomic mass is 10.1. The Bertz CT molecular complexity index is 830. The average molecular weight is 338 g/mol. The zero-order chi connectivity index (χ0) is 17.1. The van der Waals surface area contributed by atoms with Crippen LogP contribution in [0.3, 0.4) is 0 Å². The highest BCUT2D eigenvalue weighted by atomic mass is 32.2. The molecule has 0 bridgehead atoms. The topological polar surface area (TPSA) is 71.6 Å². The van der Waals surface area contributed by atoms with Crippen molar-refractivity contribution in [1.29, 1.82) is 0 Å². The molecule has 0 unspecified atom stereocenters. The van der Waals surface area contributed by atoms with Gasteiger partial charge in [0.25, 0.3) is 5.91 Å². The van der Waals surface area contributed by atoms with E-state index in [1.807, 2.05) is 50.2 Å². The van der Waals surface area contributed by atoms with Crippen molar-refractivity contribution < 1.29 is 4.79 Å². The number of hydrogen-bond donors (Lipinski definition) is 1. The number of nitrogen functional groups attached to an aromatic ring is 1. The number of nitrogens with two attached hydrogens (primary N) is 1. The molecule has 1 saturated heterocycles. The van der Waals surface area contributed by atoms with Gasteiger partial charge in [0.1, 0.15) is 0 Å². The highest BCUT2D eigenvalue weighted by Gasteiger charge is 2.33. The highest BCUT2D eigenvalue weighted by molar-refractivity contribution is 8.18. The second-order valence-electron chi connectivity index (χ2n) is 5.34. The number of nitrogens with zero attached hydrogens (tertiary/aromatic N) is 3.